The molecule has 0 saturated heterocycles. The summed E-state index contributed by atoms with van der Waals surface area (Å²) in [6.07, 6.45) is 0. The number of rotatable bonds is 3. The molecular formula is C19H16ClNO3. The van der Waals surface area contributed by atoms with E-state index in [1.165, 1.54) is 5.56 Å². The Bertz CT molecular complexity index is 915. The molecule has 0 atom stereocenters. The first-order valence-electron chi connectivity index (χ1n) is 7.47. The molecule has 0 fully saturated rings. The van der Waals surface area contributed by atoms with Gasteiger partial charge >= 0.3 is 5.97 Å². The Kier molecular flexibility index (Phi) is 4.40. The van der Waals surface area contributed by atoms with Crippen molar-refractivity contribution in [1.82, 2.24) is 5.16 Å². The number of benzene rings is 2. The van der Waals surface area contributed by atoms with Gasteiger partial charge in [0.2, 0.25) is 0 Å². The number of nitrogens with zero attached hydrogens (tertiary/aromatic N) is 1. The van der Waals surface area contributed by atoms with Gasteiger partial charge < -0.3 is 9.26 Å². The fourth-order valence-corrected chi connectivity index (χ4v) is 2.36. The summed E-state index contributed by atoms with van der Waals surface area (Å²) >= 11 is 5.96. The highest BCUT2D eigenvalue weighted by molar-refractivity contribution is 6.31. The summed E-state index contributed by atoms with van der Waals surface area (Å²) in [6, 6.07) is 12.5. The lowest BCUT2D eigenvalue weighted by molar-refractivity contribution is 0.0724. The van der Waals surface area contributed by atoms with Gasteiger partial charge in [-0.25, -0.2) is 4.79 Å². The molecule has 0 saturated carbocycles. The summed E-state index contributed by atoms with van der Waals surface area (Å²) in [5.74, 6) is 0.366. The van der Waals surface area contributed by atoms with Crippen LogP contribution in [0.4, 0.5) is 0 Å². The SMILES string of the molecule is Cc1ccc(-c2cc(C(=O)Oc3ccc(Cl)c(C)c3)no2)cc1C. The van der Waals surface area contributed by atoms with Gasteiger partial charge in [-0.15, -0.1) is 0 Å². The van der Waals surface area contributed by atoms with Gasteiger partial charge in [-0.05, 0) is 61.7 Å². The Balaban J connectivity index is 1.80. The maximum Gasteiger partial charge on any atom is 0.365 e. The molecule has 24 heavy (non-hydrogen) atoms. The third-order valence-corrected chi connectivity index (χ3v) is 4.27. The van der Waals surface area contributed by atoms with Gasteiger partial charge in [0.05, 0.1) is 0 Å². The highest BCUT2D eigenvalue weighted by Crippen LogP contribution is 2.25. The molecule has 5 heteroatoms. The van der Waals surface area contributed by atoms with E-state index in [4.69, 9.17) is 20.9 Å². The average molecular weight is 342 g/mol. The number of carbonyl (C=O) groups is 1. The van der Waals surface area contributed by atoms with Crippen molar-refractivity contribution in [3.05, 3.63) is 69.9 Å². The molecule has 2 aromatic carbocycles. The first kappa shape index (κ1) is 16.3. The van der Waals surface area contributed by atoms with Gasteiger partial charge in [-0.2, -0.15) is 0 Å². The lowest BCUT2D eigenvalue weighted by atomic mass is 10.0. The maximum atomic E-state index is 12.2. The Morgan fingerprint density at radius 2 is 1.79 bits per heavy atom. The third-order valence-electron chi connectivity index (χ3n) is 3.85. The van der Waals surface area contributed by atoms with E-state index in [-0.39, 0.29) is 5.69 Å². The van der Waals surface area contributed by atoms with Crippen molar-refractivity contribution >= 4 is 17.6 Å². The van der Waals surface area contributed by atoms with Crippen LogP contribution in [0.5, 0.6) is 5.75 Å². The molecule has 3 aromatic rings. The van der Waals surface area contributed by atoms with E-state index < -0.39 is 5.97 Å². The molecule has 0 unspecified atom stereocenters. The second kappa shape index (κ2) is 6.49. The molecule has 1 heterocycles. The van der Waals surface area contributed by atoms with Crippen molar-refractivity contribution < 1.29 is 14.1 Å². The third kappa shape index (κ3) is 3.34. The topological polar surface area (TPSA) is 52.3 Å². The maximum absolute atomic E-state index is 12.2. The van der Waals surface area contributed by atoms with Gasteiger partial charge in [0.25, 0.3) is 0 Å². The molecule has 0 aliphatic heterocycles. The summed E-state index contributed by atoms with van der Waals surface area (Å²) in [4.78, 5) is 12.2. The average Bonchev–Trinajstić information content (AvgIpc) is 3.04. The van der Waals surface area contributed by atoms with Crippen LogP contribution < -0.4 is 4.74 Å². The summed E-state index contributed by atoms with van der Waals surface area (Å²) in [5.41, 5.74) is 4.15. The zero-order valence-electron chi connectivity index (χ0n) is 13.6. The van der Waals surface area contributed by atoms with E-state index in [2.05, 4.69) is 5.16 Å². The van der Waals surface area contributed by atoms with E-state index in [1.807, 2.05) is 39.0 Å². The summed E-state index contributed by atoms with van der Waals surface area (Å²) < 4.78 is 10.6. The van der Waals surface area contributed by atoms with Crippen LogP contribution in [0.25, 0.3) is 11.3 Å². The number of carbonyl (C=O) groups excluding carboxylic acids is 1. The van der Waals surface area contributed by atoms with Crippen LogP contribution in [-0.4, -0.2) is 11.1 Å². The number of hydrogen-bond donors (Lipinski definition) is 0. The number of aromatic nitrogens is 1. The Morgan fingerprint density at radius 1 is 1.00 bits per heavy atom. The minimum Gasteiger partial charge on any atom is -0.422 e. The molecule has 4 nitrogen and oxygen atoms in total. The molecule has 0 aliphatic carbocycles. The Labute approximate surface area is 145 Å². The normalized spacial score (nSPS) is 10.7. The largest absolute Gasteiger partial charge is 0.422 e. The van der Waals surface area contributed by atoms with Gasteiger partial charge in [0, 0.05) is 16.7 Å². The number of aryl methyl sites for hydroxylation is 3. The van der Waals surface area contributed by atoms with E-state index in [9.17, 15) is 4.79 Å². The molecule has 0 spiro atoms. The smallest absolute Gasteiger partial charge is 0.365 e. The first-order valence-corrected chi connectivity index (χ1v) is 7.84. The summed E-state index contributed by atoms with van der Waals surface area (Å²) in [7, 11) is 0. The Morgan fingerprint density at radius 3 is 2.50 bits per heavy atom. The minimum absolute atomic E-state index is 0.121. The van der Waals surface area contributed by atoms with E-state index in [0.29, 0.717) is 16.5 Å². The number of halogens is 1. The van der Waals surface area contributed by atoms with Crippen molar-refractivity contribution in [2.75, 3.05) is 0 Å². The molecular weight excluding hydrogens is 326 g/mol. The fourth-order valence-electron chi connectivity index (χ4n) is 2.24. The molecule has 122 valence electrons. The summed E-state index contributed by atoms with van der Waals surface area (Å²) in [5, 5.41) is 4.42. The van der Waals surface area contributed by atoms with E-state index in [1.54, 1.807) is 24.3 Å². The second-order valence-corrected chi connectivity index (χ2v) is 6.08. The quantitative estimate of drug-likeness (QED) is 0.489. The molecule has 0 radical (unpaired) electrons. The van der Waals surface area contributed by atoms with Crippen molar-refractivity contribution in [2.45, 2.75) is 20.8 Å². The van der Waals surface area contributed by atoms with E-state index in [0.717, 1.165) is 16.7 Å². The Hall–Kier alpha value is -2.59. The monoisotopic (exact) mass is 341 g/mol. The van der Waals surface area contributed by atoms with Crippen molar-refractivity contribution in [3.63, 3.8) is 0 Å². The molecule has 1 aromatic heterocycles. The first-order chi connectivity index (χ1) is 11.4. The number of esters is 1. The highest BCUT2D eigenvalue weighted by atomic mass is 35.5. The molecule has 0 N–H and O–H groups in total. The molecule has 3 rings (SSSR count). The highest BCUT2D eigenvalue weighted by Gasteiger charge is 2.16. The zero-order valence-corrected chi connectivity index (χ0v) is 14.3. The van der Waals surface area contributed by atoms with Gasteiger partial charge in [-0.1, -0.05) is 28.9 Å². The lowest BCUT2D eigenvalue weighted by Gasteiger charge is -2.04. The van der Waals surface area contributed by atoms with Crippen LogP contribution in [0, 0.1) is 20.8 Å². The van der Waals surface area contributed by atoms with E-state index >= 15 is 0 Å². The molecule has 0 aliphatic rings. The fraction of sp³-hybridized carbons (Fsp3) is 0.158. The van der Waals surface area contributed by atoms with Gasteiger partial charge in [-0.3, -0.25) is 0 Å². The van der Waals surface area contributed by atoms with Crippen LogP contribution in [-0.2, 0) is 0 Å². The predicted octanol–water partition coefficient (Wildman–Crippen LogP) is 5.14. The molecule has 0 bridgehead atoms. The van der Waals surface area contributed by atoms with Crippen molar-refractivity contribution in [2.24, 2.45) is 0 Å². The lowest BCUT2D eigenvalue weighted by Crippen LogP contribution is -2.08. The molecule has 0 amide bonds. The minimum atomic E-state index is -0.574. The van der Waals surface area contributed by atoms with Crippen molar-refractivity contribution in [3.8, 4) is 17.1 Å². The predicted molar refractivity (Wildman–Crippen MR) is 92.6 cm³/mol. The van der Waals surface area contributed by atoms with Crippen LogP contribution in [0.15, 0.2) is 47.0 Å². The van der Waals surface area contributed by atoms with Gasteiger partial charge in [0.1, 0.15) is 5.75 Å². The second-order valence-electron chi connectivity index (χ2n) is 5.68. The van der Waals surface area contributed by atoms with Gasteiger partial charge in [0.15, 0.2) is 11.5 Å². The van der Waals surface area contributed by atoms with Crippen LogP contribution in [0.3, 0.4) is 0 Å². The van der Waals surface area contributed by atoms with Crippen LogP contribution in [0.2, 0.25) is 5.02 Å². The standard InChI is InChI=1S/C19H16ClNO3/c1-11-4-5-14(8-12(11)2)18-10-17(21-24-18)19(22)23-15-6-7-16(20)13(3)9-15/h4-10H,1-3H3. The number of ether oxygens (including phenoxy) is 1. The van der Waals surface area contributed by atoms with Crippen LogP contribution >= 0.6 is 11.6 Å². The van der Waals surface area contributed by atoms with Crippen LogP contribution in [0.1, 0.15) is 27.2 Å². The summed E-state index contributed by atoms with van der Waals surface area (Å²) in [6.45, 7) is 5.90. The number of hydrogen-bond acceptors (Lipinski definition) is 4. The zero-order chi connectivity index (χ0) is 17.3. The van der Waals surface area contributed by atoms with Crippen molar-refractivity contribution in [1.29, 1.82) is 0 Å².